The number of aromatic nitrogens is 2. The molecule has 3 aromatic rings. The van der Waals surface area contributed by atoms with Gasteiger partial charge in [0.25, 0.3) is 5.91 Å². The third kappa shape index (κ3) is 3.33. The molecule has 2 heterocycles. The molecular weight excluding hydrogens is 340 g/mol. The summed E-state index contributed by atoms with van der Waals surface area (Å²) in [6.07, 6.45) is 3.02. The molecule has 6 heteroatoms. The molecule has 1 aromatic heterocycles. The highest BCUT2D eigenvalue weighted by Gasteiger charge is 2.22. The average molecular weight is 360 g/mol. The van der Waals surface area contributed by atoms with Crippen LogP contribution < -0.4 is 10.2 Å². The second-order valence-electron chi connectivity index (χ2n) is 6.54. The van der Waals surface area contributed by atoms with Crippen LogP contribution in [0.25, 0.3) is 5.69 Å². The number of carbonyl (C=O) groups is 2. The highest BCUT2D eigenvalue weighted by atomic mass is 16.2. The summed E-state index contributed by atoms with van der Waals surface area (Å²) in [4.78, 5) is 26.4. The van der Waals surface area contributed by atoms with Gasteiger partial charge in [0.2, 0.25) is 5.91 Å². The number of amides is 2. The molecule has 1 aliphatic rings. The molecule has 1 N–H and O–H groups in total. The van der Waals surface area contributed by atoms with Gasteiger partial charge in [-0.1, -0.05) is 24.3 Å². The van der Waals surface area contributed by atoms with Gasteiger partial charge in [-0.2, -0.15) is 5.10 Å². The third-order valence-electron chi connectivity index (χ3n) is 4.74. The number of hydrogen-bond acceptors (Lipinski definition) is 3. The van der Waals surface area contributed by atoms with Crippen molar-refractivity contribution in [3.63, 3.8) is 0 Å². The van der Waals surface area contributed by atoms with E-state index in [1.165, 1.54) is 0 Å². The quantitative estimate of drug-likeness (QED) is 0.773. The zero-order valence-electron chi connectivity index (χ0n) is 15.1. The predicted octanol–water partition coefficient (Wildman–Crippen LogP) is 3.56. The summed E-state index contributed by atoms with van der Waals surface area (Å²) in [6.45, 7) is 2.59. The van der Waals surface area contributed by atoms with Crippen molar-refractivity contribution in [1.29, 1.82) is 0 Å². The van der Waals surface area contributed by atoms with Gasteiger partial charge in [0, 0.05) is 24.3 Å². The molecule has 2 amide bonds. The lowest BCUT2D eigenvalue weighted by Crippen LogP contribution is -2.23. The first-order chi connectivity index (χ1) is 13.1. The number of nitrogens with one attached hydrogen (secondary N) is 1. The summed E-state index contributed by atoms with van der Waals surface area (Å²) in [7, 11) is 0. The maximum Gasteiger partial charge on any atom is 0.259 e. The highest BCUT2D eigenvalue weighted by Crippen LogP contribution is 2.25. The van der Waals surface area contributed by atoms with E-state index >= 15 is 0 Å². The normalized spacial score (nSPS) is 13.8. The zero-order valence-corrected chi connectivity index (χ0v) is 15.1. The Kier molecular flexibility index (Phi) is 4.46. The van der Waals surface area contributed by atoms with Gasteiger partial charge in [0.15, 0.2) is 0 Å². The number of para-hydroxylation sites is 1. The largest absolute Gasteiger partial charge is 0.322 e. The highest BCUT2D eigenvalue weighted by molar-refractivity contribution is 6.05. The van der Waals surface area contributed by atoms with E-state index in [2.05, 4.69) is 10.4 Å². The lowest BCUT2D eigenvalue weighted by atomic mass is 10.2. The van der Waals surface area contributed by atoms with Crippen LogP contribution in [0.4, 0.5) is 11.4 Å². The Labute approximate surface area is 157 Å². The minimum atomic E-state index is -0.223. The number of carbonyl (C=O) groups excluding carboxylic acids is 2. The zero-order chi connectivity index (χ0) is 18.8. The Morgan fingerprint density at radius 3 is 2.59 bits per heavy atom. The van der Waals surface area contributed by atoms with Gasteiger partial charge in [-0.15, -0.1) is 0 Å². The summed E-state index contributed by atoms with van der Waals surface area (Å²) in [5.41, 5.74) is 3.66. The SMILES string of the molecule is Cc1c(C(=O)Nc2cccc(N3CCCC3=O)c2)cnn1-c1ccccc1. The summed E-state index contributed by atoms with van der Waals surface area (Å²) in [6, 6.07) is 17.1. The smallest absolute Gasteiger partial charge is 0.259 e. The third-order valence-corrected chi connectivity index (χ3v) is 4.74. The molecule has 0 saturated carbocycles. The Morgan fingerprint density at radius 1 is 1.07 bits per heavy atom. The summed E-state index contributed by atoms with van der Waals surface area (Å²) in [5, 5.41) is 7.25. The monoisotopic (exact) mass is 360 g/mol. The fourth-order valence-corrected chi connectivity index (χ4v) is 3.33. The Morgan fingerprint density at radius 2 is 1.85 bits per heavy atom. The molecule has 6 nitrogen and oxygen atoms in total. The number of hydrogen-bond donors (Lipinski definition) is 1. The van der Waals surface area contributed by atoms with E-state index in [1.807, 2.05) is 61.5 Å². The molecule has 136 valence electrons. The van der Waals surface area contributed by atoms with Crippen molar-refractivity contribution in [3.8, 4) is 5.69 Å². The van der Waals surface area contributed by atoms with Crippen LogP contribution in [0.3, 0.4) is 0 Å². The average Bonchev–Trinajstić information content (AvgIpc) is 3.28. The van der Waals surface area contributed by atoms with Gasteiger partial charge >= 0.3 is 0 Å². The van der Waals surface area contributed by atoms with Crippen LogP contribution in [0.1, 0.15) is 28.9 Å². The molecule has 0 spiro atoms. The molecule has 0 radical (unpaired) electrons. The van der Waals surface area contributed by atoms with Crippen molar-refractivity contribution in [2.75, 3.05) is 16.8 Å². The van der Waals surface area contributed by atoms with Gasteiger partial charge in [-0.05, 0) is 43.7 Å². The molecule has 1 fully saturated rings. The first-order valence-corrected chi connectivity index (χ1v) is 8.95. The van der Waals surface area contributed by atoms with Crippen LogP contribution in [0.2, 0.25) is 0 Å². The van der Waals surface area contributed by atoms with Crippen LogP contribution >= 0.6 is 0 Å². The molecule has 0 unspecified atom stereocenters. The van der Waals surface area contributed by atoms with Gasteiger partial charge in [0.05, 0.1) is 23.1 Å². The first kappa shape index (κ1) is 17.0. The summed E-state index contributed by atoms with van der Waals surface area (Å²) in [5.74, 6) is -0.0990. The van der Waals surface area contributed by atoms with E-state index in [0.717, 1.165) is 30.0 Å². The van der Waals surface area contributed by atoms with E-state index < -0.39 is 0 Å². The van der Waals surface area contributed by atoms with Crippen LogP contribution in [0.5, 0.6) is 0 Å². The van der Waals surface area contributed by atoms with Crippen LogP contribution in [-0.2, 0) is 4.79 Å². The van der Waals surface area contributed by atoms with Crippen molar-refractivity contribution in [2.24, 2.45) is 0 Å². The van der Waals surface area contributed by atoms with Crippen LogP contribution in [0.15, 0.2) is 60.8 Å². The fourth-order valence-electron chi connectivity index (χ4n) is 3.33. The molecule has 0 atom stereocenters. The molecular formula is C21H20N4O2. The van der Waals surface area contributed by atoms with Crippen LogP contribution in [-0.4, -0.2) is 28.1 Å². The van der Waals surface area contributed by atoms with Gasteiger partial charge in [-0.3, -0.25) is 9.59 Å². The minimum absolute atomic E-state index is 0.124. The van der Waals surface area contributed by atoms with E-state index in [0.29, 0.717) is 17.7 Å². The van der Waals surface area contributed by atoms with E-state index in [4.69, 9.17) is 0 Å². The molecule has 0 bridgehead atoms. The van der Waals surface area contributed by atoms with E-state index in [-0.39, 0.29) is 11.8 Å². The molecule has 2 aromatic carbocycles. The number of rotatable bonds is 4. The molecule has 27 heavy (non-hydrogen) atoms. The Hall–Kier alpha value is -3.41. The van der Waals surface area contributed by atoms with Crippen molar-refractivity contribution < 1.29 is 9.59 Å². The summed E-state index contributed by atoms with van der Waals surface area (Å²) >= 11 is 0. The van der Waals surface area contributed by atoms with Gasteiger partial charge in [-0.25, -0.2) is 4.68 Å². The predicted molar refractivity (Wildman–Crippen MR) is 104 cm³/mol. The van der Waals surface area contributed by atoms with Crippen molar-refractivity contribution in [3.05, 3.63) is 72.1 Å². The minimum Gasteiger partial charge on any atom is -0.322 e. The maximum atomic E-state index is 12.7. The fraction of sp³-hybridized carbons (Fsp3) is 0.190. The lowest BCUT2D eigenvalue weighted by Gasteiger charge is -2.16. The second-order valence-corrected chi connectivity index (χ2v) is 6.54. The Bertz CT molecular complexity index is 994. The van der Waals surface area contributed by atoms with Crippen molar-refractivity contribution in [2.45, 2.75) is 19.8 Å². The molecule has 4 rings (SSSR count). The van der Waals surface area contributed by atoms with Gasteiger partial charge < -0.3 is 10.2 Å². The number of nitrogens with zero attached hydrogens (tertiary/aromatic N) is 3. The number of benzene rings is 2. The summed E-state index contributed by atoms with van der Waals surface area (Å²) < 4.78 is 1.74. The van der Waals surface area contributed by atoms with E-state index in [9.17, 15) is 9.59 Å². The maximum absolute atomic E-state index is 12.7. The van der Waals surface area contributed by atoms with Crippen LogP contribution in [0, 0.1) is 6.92 Å². The topological polar surface area (TPSA) is 67.2 Å². The Balaban J connectivity index is 1.55. The molecule has 1 aliphatic heterocycles. The molecule has 0 aliphatic carbocycles. The molecule has 1 saturated heterocycles. The standard InChI is InChI=1S/C21H20N4O2/c1-15-19(14-22-25(15)17-8-3-2-4-9-17)21(27)23-16-7-5-10-18(13-16)24-12-6-11-20(24)26/h2-5,7-10,13-14H,6,11-12H2,1H3,(H,23,27). The van der Waals surface area contributed by atoms with E-state index in [1.54, 1.807) is 15.8 Å². The van der Waals surface area contributed by atoms with Crippen molar-refractivity contribution in [1.82, 2.24) is 9.78 Å². The second kappa shape index (κ2) is 7.07. The van der Waals surface area contributed by atoms with Crippen molar-refractivity contribution >= 4 is 23.2 Å². The van der Waals surface area contributed by atoms with Gasteiger partial charge in [0.1, 0.15) is 0 Å². The lowest BCUT2D eigenvalue weighted by molar-refractivity contribution is -0.117. The number of anilines is 2. The first-order valence-electron chi connectivity index (χ1n) is 8.95.